The van der Waals surface area contributed by atoms with Crippen molar-refractivity contribution >= 4 is 23.1 Å². The first kappa shape index (κ1) is 23.9. The molecule has 9 heteroatoms. The third-order valence-electron chi connectivity index (χ3n) is 5.60. The molecule has 4 rings (SSSR count). The van der Waals surface area contributed by atoms with E-state index < -0.39 is 11.6 Å². The minimum Gasteiger partial charge on any atom is -0.487 e. The van der Waals surface area contributed by atoms with Gasteiger partial charge in [-0.3, -0.25) is 14.8 Å². The number of alkyl halides is 1. The molecule has 0 bridgehead atoms. The lowest BCUT2D eigenvalue weighted by atomic mass is 10.1. The molecule has 0 saturated heterocycles. The number of hydrogen-bond acceptors (Lipinski definition) is 6. The highest BCUT2D eigenvalue weighted by atomic mass is 35.5. The highest BCUT2D eigenvalue weighted by Crippen LogP contribution is 2.49. The van der Waals surface area contributed by atoms with E-state index >= 15 is 0 Å². The van der Waals surface area contributed by atoms with Crippen LogP contribution >= 0.6 is 11.6 Å². The lowest BCUT2D eigenvalue weighted by Crippen LogP contribution is -2.26. The summed E-state index contributed by atoms with van der Waals surface area (Å²) < 4.78 is 32.6. The zero-order valence-corrected chi connectivity index (χ0v) is 19.9. The van der Waals surface area contributed by atoms with Gasteiger partial charge in [-0.15, -0.1) is 11.6 Å². The number of carbonyl (C=O) groups excluding carboxylic acids is 1. The number of anilines is 1. The van der Waals surface area contributed by atoms with Crippen molar-refractivity contribution in [3.8, 4) is 0 Å². The molecule has 2 unspecified atom stereocenters. The molecule has 2 aromatic rings. The molecule has 3 heterocycles. The minimum absolute atomic E-state index is 0.0306. The van der Waals surface area contributed by atoms with Gasteiger partial charge in [-0.1, -0.05) is 0 Å². The summed E-state index contributed by atoms with van der Waals surface area (Å²) in [5.41, 5.74) is 3.13. The first-order chi connectivity index (χ1) is 16.2. The summed E-state index contributed by atoms with van der Waals surface area (Å²) in [5, 5.41) is 0.0531. The molecule has 0 aromatic carbocycles. The van der Waals surface area contributed by atoms with E-state index in [4.69, 9.17) is 16.3 Å². The first-order valence-corrected chi connectivity index (χ1v) is 11.3. The second kappa shape index (κ2) is 9.93. The minimum atomic E-state index is -0.749. The topological polar surface area (TPSA) is 58.6 Å². The van der Waals surface area contributed by atoms with Gasteiger partial charge < -0.3 is 14.5 Å². The average molecular weight is 487 g/mol. The van der Waals surface area contributed by atoms with Crippen LogP contribution < -0.4 is 4.90 Å². The van der Waals surface area contributed by atoms with Crippen molar-refractivity contribution in [1.82, 2.24) is 14.9 Å². The highest BCUT2D eigenvalue weighted by molar-refractivity contribution is 6.23. The van der Waals surface area contributed by atoms with Crippen molar-refractivity contribution in [2.24, 2.45) is 0 Å². The Morgan fingerprint density at radius 2 is 2.06 bits per heavy atom. The SMILES string of the molecule is CC1=CC(OCc2ncc(F)cc2F)=CCN1c1cc(C(=O)/C=C/N(C)C)ncc1C1CC1Cl. The summed E-state index contributed by atoms with van der Waals surface area (Å²) in [5.74, 6) is -0.926. The Balaban J connectivity index is 1.54. The van der Waals surface area contributed by atoms with Gasteiger partial charge in [-0.2, -0.15) is 0 Å². The number of aromatic nitrogens is 2. The van der Waals surface area contributed by atoms with Crippen LogP contribution in [-0.2, 0) is 11.3 Å². The zero-order valence-electron chi connectivity index (χ0n) is 19.1. The molecule has 0 N–H and O–H groups in total. The monoisotopic (exact) mass is 486 g/mol. The summed E-state index contributed by atoms with van der Waals surface area (Å²) >= 11 is 6.33. The van der Waals surface area contributed by atoms with E-state index in [9.17, 15) is 13.6 Å². The molecule has 1 aliphatic heterocycles. The number of carbonyl (C=O) groups is 1. The molecule has 6 nitrogen and oxygen atoms in total. The second-order valence-electron chi connectivity index (χ2n) is 8.50. The molecular formula is C25H25ClF2N4O2. The van der Waals surface area contributed by atoms with Crippen LogP contribution in [0, 0.1) is 11.6 Å². The van der Waals surface area contributed by atoms with E-state index in [1.165, 1.54) is 6.08 Å². The Bertz CT molecular complexity index is 1200. The fraction of sp³-hybridized carbons (Fsp3) is 0.320. The quantitative estimate of drug-likeness (QED) is 0.299. The van der Waals surface area contributed by atoms with Gasteiger partial charge in [0.15, 0.2) is 5.82 Å². The van der Waals surface area contributed by atoms with Crippen molar-refractivity contribution in [3.63, 3.8) is 0 Å². The Morgan fingerprint density at radius 1 is 1.29 bits per heavy atom. The smallest absolute Gasteiger partial charge is 0.205 e. The number of ketones is 1. The molecule has 178 valence electrons. The molecule has 1 aliphatic carbocycles. The van der Waals surface area contributed by atoms with Crippen LogP contribution in [-0.4, -0.2) is 46.7 Å². The Morgan fingerprint density at radius 3 is 2.71 bits per heavy atom. The molecule has 2 aliphatic rings. The standard InChI is InChI=1S/C25H25ClF2N4O2/c1-15-8-17(34-14-23-21(28)9-16(27)12-29-23)4-7-32(15)24-11-22(25(33)5-6-31(2)3)30-13-19(24)18-10-20(18)26/h4-6,8-9,11-13,18,20H,7,10,14H2,1-3H3/b6-5+. The Labute approximate surface area is 202 Å². The van der Waals surface area contributed by atoms with E-state index in [0.717, 1.165) is 35.6 Å². The third-order valence-corrected chi connectivity index (χ3v) is 6.09. The predicted molar refractivity (Wildman–Crippen MR) is 127 cm³/mol. The van der Waals surface area contributed by atoms with E-state index in [-0.39, 0.29) is 29.4 Å². The van der Waals surface area contributed by atoms with E-state index in [2.05, 4.69) is 14.9 Å². The third kappa shape index (κ3) is 5.44. The fourth-order valence-corrected chi connectivity index (χ4v) is 3.98. The lowest BCUT2D eigenvalue weighted by molar-refractivity contribution is 0.104. The van der Waals surface area contributed by atoms with E-state index in [1.54, 1.807) is 23.4 Å². The normalized spacial score (nSPS) is 19.6. The van der Waals surface area contributed by atoms with Gasteiger partial charge in [0, 0.05) is 67.9 Å². The summed E-state index contributed by atoms with van der Waals surface area (Å²) in [7, 11) is 3.68. The Kier molecular flexibility index (Phi) is 6.97. The number of pyridine rings is 2. The van der Waals surface area contributed by atoms with E-state index in [1.807, 2.05) is 33.2 Å². The zero-order chi connectivity index (χ0) is 24.4. The van der Waals surface area contributed by atoms with Crippen LogP contribution in [0.4, 0.5) is 14.5 Å². The van der Waals surface area contributed by atoms with Gasteiger partial charge in [0.25, 0.3) is 0 Å². The van der Waals surface area contributed by atoms with Crippen LogP contribution in [0.1, 0.15) is 41.0 Å². The predicted octanol–water partition coefficient (Wildman–Crippen LogP) is 4.93. The molecule has 2 aromatic heterocycles. The number of nitrogens with zero attached hydrogens (tertiary/aromatic N) is 4. The van der Waals surface area contributed by atoms with Crippen LogP contribution in [0.25, 0.3) is 0 Å². The van der Waals surface area contributed by atoms with E-state index in [0.29, 0.717) is 18.0 Å². The van der Waals surface area contributed by atoms with Crippen LogP contribution in [0.15, 0.2) is 60.4 Å². The van der Waals surface area contributed by atoms with Crippen LogP contribution in [0.3, 0.4) is 0 Å². The summed E-state index contributed by atoms with van der Waals surface area (Å²) in [6.07, 6.45) is 10.4. The second-order valence-corrected chi connectivity index (χ2v) is 9.06. The molecule has 1 saturated carbocycles. The van der Waals surface area contributed by atoms with Gasteiger partial charge in [0.1, 0.15) is 29.6 Å². The number of allylic oxidation sites excluding steroid dienone is 3. The molecule has 0 radical (unpaired) electrons. The van der Waals surface area contributed by atoms with Crippen molar-refractivity contribution in [1.29, 1.82) is 0 Å². The number of rotatable bonds is 8. The van der Waals surface area contributed by atoms with Crippen molar-refractivity contribution in [2.45, 2.75) is 31.2 Å². The number of halogens is 3. The maximum Gasteiger partial charge on any atom is 0.205 e. The molecule has 1 fully saturated rings. The maximum absolute atomic E-state index is 13.8. The van der Waals surface area contributed by atoms with Crippen LogP contribution in [0.2, 0.25) is 0 Å². The van der Waals surface area contributed by atoms with Crippen molar-refractivity contribution < 1.29 is 18.3 Å². The van der Waals surface area contributed by atoms with Gasteiger partial charge >= 0.3 is 0 Å². The van der Waals surface area contributed by atoms with Crippen molar-refractivity contribution in [3.05, 3.63) is 89.0 Å². The fourth-order valence-electron chi connectivity index (χ4n) is 3.66. The molecule has 34 heavy (non-hydrogen) atoms. The average Bonchev–Trinajstić information content (AvgIpc) is 3.52. The highest BCUT2D eigenvalue weighted by Gasteiger charge is 2.39. The van der Waals surface area contributed by atoms with Crippen molar-refractivity contribution in [2.75, 3.05) is 25.5 Å². The van der Waals surface area contributed by atoms with Gasteiger partial charge in [0.2, 0.25) is 5.78 Å². The summed E-state index contributed by atoms with van der Waals surface area (Å²) in [6, 6.07) is 2.58. The summed E-state index contributed by atoms with van der Waals surface area (Å²) in [6.45, 7) is 2.29. The molecule has 0 spiro atoms. The maximum atomic E-state index is 13.8. The first-order valence-electron chi connectivity index (χ1n) is 10.8. The Hall–Kier alpha value is -3.26. The molecular weight excluding hydrogens is 462 g/mol. The number of ether oxygens (including phenoxy) is 1. The largest absolute Gasteiger partial charge is 0.487 e. The van der Waals surface area contributed by atoms with Gasteiger partial charge in [-0.05, 0) is 37.1 Å². The summed E-state index contributed by atoms with van der Waals surface area (Å²) in [4.78, 5) is 24.6. The van der Waals surface area contributed by atoms with Gasteiger partial charge in [-0.25, -0.2) is 8.78 Å². The molecule has 2 atom stereocenters. The lowest BCUT2D eigenvalue weighted by Gasteiger charge is -2.30. The van der Waals surface area contributed by atoms with Gasteiger partial charge in [0.05, 0.1) is 6.20 Å². The number of hydrogen-bond donors (Lipinski definition) is 0. The molecule has 0 amide bonds. The van der Waals surface area contributed by atoms with Crippen LogP contribution in [0.5, 0.6) is 0 Å².